The average Bonchev–Trinajstić information content (AvgIpc) is 2.65. The molecule has 164 valence electrons. The number of carbonyl (C=O) groups excluding carboxylic acids is 3. The number of rotatable bonds is 16. The number of aliphatic hydroxyl groups excluding tert-OH is 1. The summed E-state index contributed by atoms with van der Waals surface area (Å²) in [7, 11) is 0. The Hall–Kier alpha value is -1.51. The van der Waals surface area contributed by atoms with Crippen molar-refractivity contribution in [3.8, 4) is 0 Å². The smallest absolute Gasteiger partial charge is 0.245 e. The third-order valence-electron chi connectivity index (χ3n) is 4.90. The summed E-state index contributed by atoms with van der Waals surface area (Å²) in [4.78, 5) is 36.1. The molecule has 28 heavy (non-hydrogen) atoms. The summed E-state index contributed by atoms with van der Waals surface area (Å²) in [6, 6.07) is -1.98. The molecule has 7 N–H and O–H groups in total. The van der Waals surface area contributed by atoms with E-state index >= 15 is 0 Å². The second-order valence-electron chi connectivity index (χ2n) is 7.56. The maximum atomic E-state index is 12.3. The molecule has 0 saturated carbocycles. The highest BCUT2D eigenvalue weighted by Crippen LogP contribution is 2.14. The van der Waals surface area contributed by atoms with Crippen LogP contribution in [0, 0.1) is 5.92 Å². The molecule has 0 aliphatic carbocycles. The first-order valence-corrected chi connectivity index (χ1v) is 10.4. The number of unbranched alkanes of at least 4 members (excludes halogenated alkanes) is 5. The molecule has 1 unspecified atom stereocenters. The molecule has 4 atom stereocenters. The Bertz CT molecular complexity index is 471. The molecular weight excluding hydrogens is 360 g/mol. The van der Waals surface area contributed by atoms with Crippen molar-refractivity contribution in [2.75, 3.05) is 13.1 Å². The zero-order chi connectivity index (χ0) is 21.5. The number of carbonyl (C=O) groups is 3. The number of nitrogens with two attached hydrogens (primary N) is 2. The lowest BCUT2D eigenvalue weighted by molar-refractivity contribution is -0.133. The van der Waals surface area contributed by atoms with Gasteiger partial charge in [0.1, 0.15) is 6.04 Å². The highest BCUT2D eigenvalue weighted by atomic mass is 16.3. The molecule has 0 fully saturated rings. The number of hydrogen-bond acceptors (Lipinski definition) is 6. The number of hydrogen-bond donors (Lipinski definition) is 5. The van der Waals surface area contributed by atoms with Gasteiger partial charge >= 0.3 is 0 Å². The number of nitrogens with one attached hydrogen (secondary N) is 2. The van der Waals surface area contributed by atoms with Crippen molar-refractivity contribution in [2.45, 2.75) is 90.3 Å². The minimum atomic E-state index is -1.15. The Labute approximate surface area is 169 Å². The van der Waals surface area contributed by atoms with Crippen LogP contribution in [0.4, 0.5) is 0 Å². The summed E-state index contributed by atoms with van der Waals surface area (Å²) in [6.45, 7) is 5.26. The van der Waals surface area contributed by atoms with E-state index < -0.39 is 24.1 Å². The topological polar surface area (TPSA) is 148 Å². The van der Waals surface area contributed by atoms with Crippen molar-refractivity contribution in [2.24, 2.45) is 17.4 Å². The van der Waals surface area contributed by atoms with Crippen molar-refractivity contribution in [1.82, 2.24) is 10.6 Å². The molecule has 0 aliphatic rings. The van der Waals surface area contributed by atoms with Crippen LogP contribution in [0.3, 0.4) is 0 Å². The van der Waals surface area contributed by atoms with Crippen LogP contribution in [0.1, 0.15) is 72.1 Å². The fourth-order valence-corrected chi connectivity index (χ4v) is 3.00. The zero-order valence-corrected chi connectivity index (χ0v) is 17.7. The molecule has 8 heteroatoms. The van der Waals surface area contributed by atoms with Crippen molar-refractivity contribution < 1.29 is 19.5 Å². The molecule has 0 spiro atoms. The van der Waals surface area contributed by atoms with Crippen LogP contribution in [-0.2, 0) is 14.4 Å². The van der Waals surface area contributed by atoms with Gasteiger partial charge in [-0.05, 0) is 32.7 Å². The van der Waals surface area contributed by atoms with Crippen LogP contribution in [0.5, 0.6) is 0 Å². The van der Waals surface area contributed by atoms with E-state index in [0.717, 1.165) is 19.3 Å². The summed E-state index contributed by atoms with van der Waals surface area (Å²) >= 11 is 0. The van der Waals surface area contributed by atoms with E-state index in [1.54, 1.807) is 0 Å². The summed E-state index contributed by atoms with van der Waals surface area (Å²) in [5.74, 6) is -1.21. The predicted octanol–water partition coefficient (Wildman–Crippen LogP) is 0.600. The van der Waals surface area contributed by atoms with Crippen LogP contribution in [-0.4, -0.2) is 54.0 Å². The number of ketones is 1. The number of aliphatic hydroxyl groups is 1. The van der Waals surface area contributed by atoms with Gasteiger partial charge in [0.05, 0.1) is 12.1 Å². The van der Waals surface area contributed by atoms with Crippen LogP contribution in [0.15, 0.2) is 0 Å². The highest BCUT2D eigenvalue weighted by molar-refractivity contribution is 5.92. The molecule has 0 radical (unpaired) electrons. The van der Waals surface area contributed by atoms with Crippen molar-refractivity contribution in [1.29, 1.82) is 0 Å². The Morgan fingerprint density at radius 1 is 0.964 bits per heavy atom. The summed E-state index contributed by atoms with van der Waals surface area (Å²) < 4.78 is 0. The molecule has 0 aromatic heterocycles. The van der Waals surface area contributed by atoms with E-state index in [9.17, 15) is 19.5 Å². The maximum Gasteiger partial charge on any atom is 0.245 e. The summed E-state index contributed by atoms with van der Waals surface area (Å²) in [5, 5.41) is 14.9. The molecule has 2 amide bonds. The van der Waals surface area contributed by atoms with E-state index in [1.807, 2.05) is 0 Å². The lowest BCUT2D eigenvalue weighted by Crippen LogP contribution is -2.57. The monoisotopic (exact) mass is 400 g/mol. The van der Waals surface area contributed by atoms with E-state index in [2.05, 4.69) is 17.6 Å². The van der Waals surface area contributed by atoms with Gasteiger partial charge in [-0.3, -0.25) is 14.4 Å². The van der Waals surface area contributed by atoms with Crippen LogP contribution < -0.4 is 22.1 Å². The first kappa shape index (κ1) is 26.5. The molecule has 0 bridgehead atoms. The summed E-state index contributed by atoms with van der Waals surface area (Å²) in [6.07, 6.45) is 7.00. The van der Waals surface area contributed by atoms with Crippen molar-refractivity contribution in [3.63, 3.8) is 0 Å². The fourth-order valence-electron chi connectivity index (χ4n) is 3.00. The zero-order valence-electron chi connectivity index (χ0n) is 17.7. The van der Waals surface area contributed by atoms with Gasteiger partial charge in [0, 0.05) is 13.0 Å². The molecule has 0 aromatic rings. The molecule has 0 heterocycles. The Morgan fingerprint density at radius 3 is 2.07 bits per heavy atom. The standard InChI is InChI=1S/C20H40N4O4/c1-4-5-6-7-8-9-10-16(12-21)11-18(27)24-19(15(3)26)20(28)23-17(13-22)14(2)25/h15-17,19,26H,4-13,21-22H2,1-3H3,(H,23,28)(H,24,27)/t15-,16?,17-,19-/m0/s1. The van der Waals surface area contributed by atoms with Gasteiger partial charge < -0.3 is 27.2 Å². The van der Waals surface area contributed by atoms with Crippen LogP contribution in [0.2, 0.25) is 0 Å². The summed E-state index contributed by atoms with van der Waals surface area (Å²) in [5.41, 5.74) is 11.3. The molecule has 8 nitrogen and oxygen atoms in total. The minimum absolute atomic E-state index is 0.0397. The SMILES string of the molecule is CCCCCCCCC(CN)CC(=O)N[C@H](C(=O)N[C@@H](CN)C(C)=O)[C@H](C)O. The minimum Gasteiger partial charge on any atom is -0.391 e. The Balaban J connectivity index is 4.53. The molecule has 0 rings (SSSR count). The second-order valence-corrected chi connectivity index (χ2v) is 7.56. The molecule has 0 aromatic carbocycles. The average molecular weight is 401 g/mol. The van der Waals surface area contributed by atoms with Gasteiger partial charge in [-0.2, -0.15) is 0 Å². The molecule has 0 aliphatic heterocycles. The van der Waals surface area contributed by atoms with Gasteiger partial charge in [0.15, 0.2) is 5.78 Å². The largest absolute Gasteiger partial charge is 0.391 e. The van der Waals surface area contributed by atoms with Gasteiger partial charge in [0.25, 0.3) is 0 Å². The van der Waals surface area contributed by atoms with Crippen molar-refractivity contribution in [3.05, 3.63) is 0 Å². The van der Waals surface area contributed by atoms with Crippen molar-refractivity contribution >= 4 is 17.6 Å². The third kappa shape index (κ3) is 11.4. The highest BCUT2D eigenvalue weighted by Gasteiger charge is 2.28. The fraction of sp³-hybridized carbons (Fsp3) is 0.850. The predicted molar refractivity (Wildman–Crippen MR) is 110 cm³/mol. The first-order chi connectivity index (χ1) is 13.3. The molecule has 0 saturated heterocycles. The van der Waals surface area contributed by atoms with E-state index in [-0.39, 0.29) is 30.6 Å². The third-order valence-corrected chi connectivity index (χ3v) is 4.90. The Kier molecular flexibility index (Phi) is 14.6. The second kappa shape index (κ2) is 15.4. The van der Waals surface area contributed by atoms with E-state index in [0.29, 0.717) is 6.54 Å². The number of amides is 2. The lowest BCUT2D eigenvalue weighted by Gasteiger charge is -2.24. The number of Topliss-reactive ketones (excluding diaryl/α,β-unsaturated/α-hetero) is 1. The maximum absolute atomic E-state index is 12.3. The van der Waals surface area contributed by atoms with E-state index in [1.165, 1.54) is 39.5 Å². The quantitative estimate of drug-likeness (QED) is 0.240. The Morgan fingerprint density at radius 2 is 1.57 bits per heavy atom. The van der Waals surface area contributed by atoms with Crippen LogP contribution in [0.25, 0.3) is 0 Å². The van der Waals surface area contributed by atoms with Gasteiger partial charge in [-0.25, -0.2) is 0 Å². The normalized spacial score (nSPS) is 15.4. The first-order valence-electron chi connectivity index (χ1n) is 10.4. The van der Waals surface area contributed by atoms with Crippen LogP contribution >= 0.6 is 0 Å². The van der Waals surface area contributed by atoms with Gasteiger partial charge in [-0.1, -0.05) is 45.4 Å². The van der Waals surface area contributed by atoms with E-state index in [4.69, 9.17) is 11.5 Å². The molecular formula is C20H40N4O4. The lowest BCUT2D eigenvalue weighted by atomic mass is 9.96. The van der Waals surface area contributed by atoms with Gasteiger partial charge in [-0.15, -0.1) is 0 Å². The van der Waals surface area contributed by atoms with Gasteiger partial charge in [0.2, 0.25) is 11.8 Å².